The lowest BCUT2D eigenvalue weighted by atomic mass is 10.0. The van der Waals surface area contributed by atoms with E-state index in [1.54, 1.807) is 0 Å². The smallest absolute Gasteiger partial charge is 0.303 e. The number of alkyl halides is 5. The third kappa shape index (κ3) is 3.80. The SMILES string of the molecule is O=CCCc1cc(C(F)F)cc(C(F)(F)F)c1. The normalized spacial score (nSPS) is 11.9. The van der Waals surface area contributed by atoms with Crippen molar-refractivity contribution < 1.29 is 26.7 Å². The third-order valence-electron chi connectivity index (χ3n) is 2.15. The number of benzene rings is 1. The molecule has 0 N–H and O–H groups in total. The van der Waals surface area contributed by atoms with Crippen molar-refractivity contribution in [3.8, 4) is 0 Å². The first-order valence-electron chi connectivity index (χ1n) is 4.77. The zero-order valence-electron chi connectivity index (χ0n) is 8.60. The van der Waals surface area contributed by atoms with E-state index in [0.717, 1.165) is 12.1 Å². The van der Waals surface area contributed by atoms with E-state index in [9.17, 15) is 26.7 Å². The molecule has 0 radical (unpaired) electrons. The molecule has 94 valence electrons. The number of aldehydes is 1. The van der Waals surface area contributed by atoms with Crippen molar-refractivity contribution in [2.45, 2.75) is 25.4 Å². The molecule has 0 saturated carbocycles. The second kappa shape index (κ2) is 5.25. The highest BCUT2D eigenvalue weighted by molar-refractivity contribution is 5.50. The van der Waals surface area contributed by atoms with E-state index < -0.39 is 23.7 Å². The maximum atomic E-state index is 12.4. The van der Waals surface area contributed by atoms with Gasteiger partial charge in [-0.05, 0) is 24.1 Å². The highest BCUT2D eigenvalue weighted by atomic mass is 19.4. The Labute approximate surface area is 94.2 Å². The van der Waals surface area contributed by atoms with Gasteiger partial charge in [-0.2, -0.15) is 13.2 Å². The third-order valence-corrected chi connectivity index (χ3v) is 2.15. The molecule has 0 aromatic heterocycles. The minimum Gasteiger partial charge on any atom is -0.303 e. The summed E-state index contributed by atoms with van der Waals surface area (Å²) in [6.07, 6.45) is -7.08. The standard InChI is InChI=1S/C11H9F5O/c12-10(13)8-4-7(2-1-3-17)5-9(6-8)11(14,15)16/h3-6,10H,1-2H2. The van der Waals surface area contributed by atoms with E-state index in [1.165, 1.54) is 0 Å². The van der Waals surface area contributed by atoms with Crippen LogP contribution in [0.1, 0.15) is 29.5 Å². The quantitative estimate of drug-likeness (QED) is 0.588. The van der Waals surface area contributed by atoms with Crippen LogP contribution in [0.2, 0.25) is 0 Å². The van der Waals surface area contributed by atoms with Crippen molar-refractivity contribution in [2.75, 3.05) is 0 Å². The number of rotatable bonds is 4. The van der Waals surface area contributed by atoms with Gasteiger partial charge in [-0.25, -0.2) is 8.78 Å². The Morgan fingerprint density at radius 2 is 1.82 bits per heavy atom. The number of hydrogen-bond donors (Lipinski definition) is 0. The van der Waals surface area contributed by atoms with Gasteiger partial charge in [-0.1, -0.05) is 6.07 Å². The molecule has 0 fully saturated rings. The predicted molar refractivity (Wildman–Crippen MR) is 50.8 cm³/mol. The largest absolute Gasteiger partial charge is 0.416 e. The van der Waals surface area contributed by atoms with E-state index in [2.05, 4.69) is 0 Å². The first-order chi connectivity index (χ1) is 7.84. The van der Waals surface area contributed by atoms with Crippen molar-refractivity contribution in [3.63, 3.8) is 0 Å². The zero-order valence-corrected chi connectivity index (χ0v) is 8.60. The van der Waals surface area contributed by atoms with Crippen LogP contribution in [0.5, 0.6) is 0 Å². The van der Waals surface area contributed by atoms with Crippen LogP contribution in [0.3, 0.4) is 0 Å². The van der Waals surface area contributed by atoms with Gasteiger partial charge in [0, 0.05) is 12.0 Å². The number of hydrogen-bond acceptors (Lipinski definition) is 1. The van der Waals surface area contributed by atoms with Crippen LogP contribution in [-0.4, -0.2) is 6.29 Å². The topological polar surface area (TPSA) is 17.1 Å². The molecule has 0 aliphatic heterocycles. The summed E-state index contributed by atoms with van der Waals surface area (Å²) in [5.41, 5.74) is -1.71. The zero-order chi connectivity index (χ0) is 13.1. The van der Waals surface area contributed by atoms with Crippen LogP contribution in [0.15, 0.2) is 18.2 Å². The summed E-state index contributed by atoms with van der Waals surface area (Å²) in [5.74, 6) is 0. The summed E-state index contributed by atoms with van der Waals surface area (Å²) in [4.78, 5) is 10.1. The molecule has 0 heterocycles. The maximum absolute atomic E-state index is 12.4. The first kappa shape index (κ1) is 13.6. The second-order valence-electron chi connectivity index (χ2n) is 3.47. The molecule has 1 nitrogen and oxygen atoms in total. The van der Waals surface area contributed by atoms with E-state index >= 15 is 0 Å². The Kier molecular flexibility index (Phi) is 4.20. The number of carbonyl (C=O) groups is 1. The Morgan fingerprint density at radius 3 is 2.29 bits per heavy atom. The summed E-state index contributed by atoms with van der Waals surface area (Å²) in [6.45, 7) is 0. The average molecular weight is 252 g/mol. The lowest BCUT2D eigenvalue weighted by Gasteiger charge is -2.11. The van der Waals surface area contributed by atoms with Gasteiger partial charge < -0.3 is 4.79 Å². The molecule has 0 amide bonds. The highest BCUT2D eigenvalue weighted by Gasteiger charge is 2.31. The molecule has 1 rings (SSSR count). The molecule has 0 atom stereocenters. The minimum atomic E-state index is -4.67. The lowest BCUT2D eigenvalue weighted by Crippen LogP contribution is -2.07. The molecule has 17 heavy (non-hydrogen) atoms. The Morgan fingerprint density at radius 1 is 1.18 bits per heavy atom. The maximum Gasteiger partial charge on any atom is 0.416 e. The Bertz CT molecular complexity index is 397. The van der Waals surface area contributed by atoms with Crippen molar-refractivity contribution in [1.29, 1.82) is 0 Å². The fraction of sp³-hybridized carbons (Fsp3) is 0.364. The molecular weight excluding hydrogens is 243 g/mol. The number of carbonyl (C=O) groups excluding carboxylic acids is 1. The predicted octanol–water partition coefficient (Wildman–Crippen LogP) is 3.77. The van der Waals surface area contributed by atoms with Crippen LogP contribution in [0.4, 0.5) is 22.0 Å². The monoisotopic (exact) mass is 252 g/mol. The van der Waals surface area contributed by atoms with Gasteiger partial charge in [-0.3, -0.25) is 0 Å². The van der Waals surface area contributed by atoms with Crippen LogP contribution in [0.25, 0.3) is 0 Å². The molecule has 0 bridgehead atoms. The van der Waals surface area contributed by atoms with Crippen molar-refractivity contribution in [2.24, 2.45) is 0 Å². The van der Waals surface area contributed by atoms with Gasteiger partial charge in [0.1, 0.15) is 6.29 Å². The summed E-state index contributed by atoms with van der Waals surface area (Å²) in [7, 11) is 0. The molecule has 0 unspecified atom stereocenters. The molecular formula is C11H9F5O. The van der Waals surface area contributed by atoms with Crippen LogP contribution < -0.4 is 0 Å². The van der Waals surface area contributed by atoms with Gasteiger partial charge in [0.2, 0.25) is 0 Å². The summed E-state index contributed by atoms with van der Waals surface area (Å²) in [5, 5.41) is 0. The second-order valence-corrected chi connectivity index (χ2v) is 3.47. The summed E-state index contributed by atoms with van der Waals surface area (Å²) < 4.78 is 62.1. The van der Waals surface area contributed by atoms with Gasteiger partial charge in [0.05, 0.1) is 5.56 Å². The summed E-state index contributed by atoms with van der Waals surface area (Å²) in [6, 6.07) is 2.20. The fourth-order valence-electron chi connectivity index (χ4n) is 1.38. The van der Waals surface area contributed by atoms with Crippen LogP contribution >= 0.6 is 0 Å². The molecule has 0 aliphatic rings. The minimum absolute atomic E-state index is 0.00396. The molecule has 6 heteroatoms. The van der Waals surface area contributed by atoms with E-state index in [1.807, 2.05) is 0 Å². The van der Waals surface area contributed by atoms with Crippen LogP contribution in [0, 0.1) is 0 Å². The lowest BCUT2D eigenvalue weighted by molar-refractivity contribution is -0.137. The van der Waals surface area contributed by atoms with Gasteiger partial charge in [0.25, 0.3) is 6.43 Å². The average Bonchev–Trinajstić information content (AvgIpc) is 2.24. The molecule has 1 aromatic carbocycles. The van der Waals surface area contributed by atoms with Crippen LogP contribution in [-0.2, 0) is 17.4 Å². The molecule has 0 spiro atoms. The summed E-state index contributed by atoms with van der Waals surface area (Å²) >= 11 is 0. The van der Waals surface area contributed by atoms with E-state index in [-0.39, 0.29) is 18.4 Å². The number of aryl methyl sites for hydroxylation is 1. The van der Waals surface area contributed by atoms with Gasteiger partial charge in [-0.15, -0.1) is 0 Å². The first-order valence-corrected chi connectivity index (χ1v) is 4.77. The molecule has 0 aliphatic carbocycles. The van der Waals surface area contributed by atoms with Gasteiger partial charge >= 0.3 is 6.18 Å². The van der Waals surface area contributed by atoms with Crippen molar-refractivity contribution in [1.82, 2.24) is 0 Å². The fourth-order valence-corrected chi connectivity index (χ4v) is 1.38. The Balaban J connectivity index is 3.14. The highest BCUT2D eigenvalue weighted by Crippen LogP contribution is 2.33. The van der Waals surface area contributed by atoms with E-state index in [4.69, 9.17) is 0 Å². The Hall–Kier alpha value is -1.46. The van der Waals surface area contributed by atoms with Crippen molar-refractivity contribution >= 4 is 6.29 Å². The number of halogens is 5. The van der Waals surface area contributed by atoms with E-state index in [0.29, 0.717) is 12.4 Å². The molecule has 0 saturated heterocycles. The molecule has 1 aromatic rings. The van der Waals surface area contributed by atoms with Gasteiger partial charge in [0.15, 0.2) is 0 Å². The van der Waals surface area contributed by atoms with Crippen molar-refractivity contribution in [3.05, 3.63) is 34.9 Å².